The van der Waals surface area contributed by atoms with E-state index in [9.17, 15) is 8.42 Å². The van der Waals surface area contributed by atoms with Crippen LogP contribution in [0.1, 0.15) is 13.8 Å². The standard InChI is InChI=1S/C9H14ClN3O2S/c1-7(2)6-12-16(14,15)13-8-4-3-5-11-9(8)10/h3-5,7,12-13H,6H2,1-2H3. The number of anilines is 1. The van der Waals surface area contributed by atoms with Crippen molar-refractivity contribution < 1.29 is 8.42 Å². The van der Waals surface area contributed by atoms with Crippen molar-refractivity contribution in [3.63, 3.8) is 0 Å². The zero-order chi connectivity index (χ0) is 12.2. The van der Waals surface area contributed by atoms with Crippen molar-refractivity contribution in [3.05, 3.63) is 23.5 Å². The number of nitrogens with zero attached hydrogens (tertiary/aromatic N) is 1. The van der Waals surface area contributed by atoms with E-state index in [1.807, 2.05) is 13.8 Å². The molecule has 90 valence electrons. The molecule has 1 aromatic rings. The number of halogens is 1. The Kier molecular flexibility index (Phi) is 4.52. The highest BCUT2D eigenvalue weighted by atomic mass is 35.5. The maximum atomic E-state index is 11.5. The van der Waals surface area contributed by atoms with Gasteiger partial charge in [0.2, 0.25) is 0 Å². The number of nitrogens with one attached hydrogen (secondary N) is 2. The van der Waals surface area contributed by atoms with Gasteiger partial charge in [0.15, 0.2) is 5.15 Å². The summed E-state index contributed by atoms with van der Waals surface area (Å²) < 4.78 is 27.8. The van der Waals surface area contributed by atoms with Gasteiger partial charge in [-0.2, -0.15) is 13.1 Å². The fourth-order valence-corrected chi connectivity index (χ4v) is 2.22. The van der Waals surface area contributed by atoms with Crippen LogP contribution in [0.5, 0.6) is 0 Å². The predicted molar refractivity (Wildman–Crippen MR) is 64.6 cm³/mol. The van der Waals surface area contributed by atoms with Crippen molar-refractivity contribution >= 4 is 27.5 Å². The van der Waals surface area contributed by atoms with Crippen LogP contribution >= 0.6 is 11.6 Å². The Morgan fingerprint density at radius 3 is 2.75 bits per heavy atom. The van der Waals surface area contributed by atoms with Crippen molar-refractivity contribution in [1.29, 1.82) is 0 Å². The molecule has 1 rings (SSSR count). The van der Waals surface area contributed by atoms with Gasteiger partial charge in [0.1, 0.15) is 0 Å². The molecule has 0 amide bonds. The second-order valence-corrected chi connectivity index (χ2v) is 5.55. The van der Waals surface area contributed by atoms with E-state index in [1.54, 1.807) is 12.1 Å². The van der Waals surface area contributed by atoms with Crippen LogP contribution in [0.2, 0.25) is 5.15 Å². The van der Waals surface area contributed by atoms with Gasteiger partial charge >= 0.3 is 0 Å². The lowest BCUT2D eigenvalue weighted by atomic mass is 10.2. The molecule has 0 fully saturated rings. The van der Waals surface area contributed by atoms with E-state index in [2.05, 4.69) is 14.4 Å². The molecule has 0 aliphatic carbocycles. The molecule has 7 heteroatoms. The summed E-state index contributed by atoms with van der Waals surface area (Å²) in [6.07, 6.45) is 1.49. The quantitative estimate of drug-likeness (QED) is 0.794. The Bertz CT molecular complexity index is 448. The Balaban J connectivity index is 2.70. The Hall–Kier alpha value is -0.850. The van der Waals surface area contributed by atoms with E-state index in [4.69, 9.17) is 11.6 Å². The first-order valence-electron chi connectivity index (χ1n) is 4.78. The molecule has 0 radical (unpaired) electrons. The van der Waals surface area contributed by atoms with Crippen LogP contribution in [0.15, 0.2) is 18.3 Å². The molecule has 0 aromatic carbocycles. The lowest BCUT2D eigenvalue weighted by molar-refractivity contribution is 0.565. The van der Waals surface area contributed by atoms with Crippen LogP contribution in [0.4, 0.5) is 5.69 Å². The maximum Gasteiger partial charge on any atom is 0.299 e. The highest BCUT2D eigenvalue weighted by Crippen LogP contribution is 2.18. The van der Waals surface area contributed by atoms with Crippen LogP contribution in [-0.4, -0.2) is 19.9 Å². The summed E-state index contributed by atoms with van der Waals surface area (Å²) in [5.41, 5.74) is 0.264. The topological polar surface area (TPSA) is 71.1 Å². The molecule has 16 heavy (non-hydrogen) atoms. The third-order valence-corrected chi connectivity index (χ3v) is 3.02. The van der Waals surface area contributed by atoms with Gasteiger partial charge in [-0.15, -0.1) is 0 Å². The number of pyridine rings is 1. The van der Waals surface area contributed by atoms with Crippen molar-refractivity contribution in [2.45, 2.75) is 13.8 Å². The summed E-state index contributed by atoms with van der Waals surface area (Å²) >= 11 is 5.73. The number of rotatable bonds is 5. The lowest BCUT2D eigenvalue weighted by Crippen LogP contribution is -2.33. The van der Waals surface area contributed by atoms with Crippen LogP contribution in [0, 0.1) is 5.92 Å². The molecule has 0 aliphatic rings. The van der Waals surface area contributed by atoms with Gasteiger partial charge in [0, 0.05) is 12.7 Å². The summed E-state index contributed by atoms with van der Waals surface area (Å²) in [6.45, 7) is 4.20. The molecule has 0 atom stereocenters. The van der Waals surface area contributed by atoms with Crippen molar-refractivity contribution in [1.82, 2.24) is 9.71 Å². The molecular formula is C9H14ClN3O2S. The smallest absolute Gasteiger partial charge is 0.268 e. The second kappa shape index (κ2) is 5.47. The van der Waals surface area contributed by atoms with Gasteiger partial charge in [-0.05, 0) is 18.1 Å². The van der Waals surface area contributed by atoms with Crippen LogP contribution in [0.25, 0.3) is 0 Å². The number of aromatic nitrogens is 1. The molecule has 1 aromatic heterocycles. The minimum Gasteiger partial charge on any atom is -0.268 e. The molecule has 2 N–H and O–H groups in total. The number of hydrogen-bond acceptors (Lipinski definition) is 3. The first-order valence-corrected chi connectivity index (χ1v) is 6.65. The van der Waals surface area contributed by atoms with Gasteiger partial charge in [0.25, 0.3) is 10.2 Å². The average molecular weight is 264 g/mol. The van der Waals surface area contributed by atoms with Gasteiger partial charge in [-0.25, -0.2) is 4.98 Å². The van der Waals surface area contributed by atoms with Crippen LogP contribution < -0.4 is 9.44 Å². The van der Waals surface area contributed by atoms with E-state index in [-0.39, 0.29) is 16.8 Å². The van der Waals surface area contributed by atoms with Crippen molar-refractivity contribution in [3.8, 4) is 0 Å². The van der Waals surface area contributed by atoms with Gasteiger partial charge in [-0.1, -0.05) is 25.4 Å². The van der Waals surface area contributed by atoms with Gasteiger partial charge in [-0.3, -0.25) is 4.72 Å². The largest absolute Gasteiger partial charge is 0.299 e. The van der Waals surface area contributed by atoms with E-state index in [0.717, 1.165) is 0 Å². The fourth-order valence-electron chi connectivity index (χ4n) is 0.919. The van der Waals surface area contributed by atoms with Gasteiger partial charge in [0.05, 0.1) is 5.69 Å². The van der Waals surface area contributed by atoms with E-state index in [1.165, 1.54) is 6.20 Å². The van der Waals surface area contributed by atoms with Crippen LogP contribution in [0.3, 0.4) is 0 Å². The third-order valence-electron chi connectivity index (χ3n) is 1.69. The zero-order valence-corrected chi connectivity index (χ0v) is 10.6. The summed E-state index contributed by atoms with van der Waals surface area (Å²) in [5, 5.41) is 0.123. The average Bonchev–Trinajstić information content (AvgIpc) is 2.19. The first-order chi connectivity index (χ1) is 7.41. The molecule has 5 nitrogen and oxygen atoms in total. The minimum atomic E-state index is -3.58. The minimum absolute atomic E-state index is 0.123. The summed E-state index contributed by atoms with van der Waals surface area (Å²) in [7, 11) is -3.58. The monoisotopic (exact) mass is 263 g/mol. The third kappa shape index (κ3) is 4.34. The molecule has 0 spiro atoms. The van der Waals surface area contributed by atoms with Crippen LogP contribution in [-0.2, 0) is 10.2 Å². The Morgan fingerprint density at radius 2 is 2.19 bits per heavy atom. The molecule has 0 saturated carbocycles. The van der Waals surface area contributed by atoms with E-state index < -0.39 is 10.2 Å². The molecule has 1 heterocycles. The van der Waals surface area contributed by atoms with Gasteiger partial charge < -0.3 is 0 Å². The first kappa shape index (κ1) is 13.2. The molecule has 0 bridgehead atoms. The zero-order valence-electron chi connectivity index (χ0n) is 9.07. The van der Waals surface area contributed by atoms with Crippen molar-refractivity contribution in [2.24, 2.45) is 5.92 Å². The Morgan fingerprint density at radius 1 is 1.50 bits per heavy atom. The van der Waals surface area contributed by atoms with Crippen molar-refractivity contribution in [2.75, 3.05) is 11.3 Å². The molecular weight excluding hydrogens is 250 g/mol. The molecule has 0 unspecified atom stereocenters. The summed E-state index contributed by atoms with van der Waals surface area (Å²) in [5.74, 6) is 0.237. The van der Waals surface area contributed by atoms with E-state index >= 15 is 0 Å². The number of hydrogen-bond donors (Lipinski definition) is 2. The second-order valence-electron chi connectivity index (χ2n) is 3.69. The lowest BCUT2D eigenvalue weighted by Gasteiger charge is -2.11. The fraction of sp³-hybridized carbons (Fsp3) is 0.444. The Labute approximate surface area is 100 Å². The molecule has 0 aliphatic heterocycles. The highest BCUT2D eigenvalue weighted by molar-refractivity contribution is 7.90. The normalized spacial score (nSPS) is 11.8. The predicted octanol–water partition coefficient (Wildman–Crippen LogP) is 1.64. The molecule has 0 saturated heterocycles. The highest BCUT2D eigenvalue weighted by Gasteiger charge is 2.12. The maximum absolute atomic E-state index is 11.5. The summed E-state index contributed by atoms with van der Waals surface area (Å²) in [6, 6.07) is 3.15. The SMILES string of the molecule is CC(C)CNS(=O)(=O)Nc1cccnc1Cl. The summed E-state index contributed by atoms with van der Waals surface area (Å²) in [4.78, 5) is 3.77. The van der Waals surface area contributed by atoms with E-state index in [0.29, 0.717) is 6.54 Å².